The summed E-state index contributed by atoms with van der Waals surface area (Å²) in [6.45, 7) is 0. The molecule has 0 radical (unpaired) electrons. The fourth-order valence-corrected chi connectivity index (χ4v) is 3.14. The largest absolute Gasteiger partial charge is 0.291 e. The Morgan fingerprint density at radius 1 is 1.15 bits per heavy atom. The van der Waals surface area contributed by atoms with Crippen molar-refractivity contribution in [3.63, 3.8) is 0 Å². The first-order valence-electron chi connectivity index (χ1n) is 6.01. The zero-order valence-corrected chi connectivity index (χ0v) is 12.1. The minimum Gasteiger partial charge on any atom is -0.284 e. The number of nitrogens with zero attached hydrogens (tertiary/aromatic N) is 3. The van der Waals surface area contributed by atoms with E-state index in [1.54, 1.807) is 30.4 Å². The number of aromatic nitrogens is 3. The van der Waals surface area contributed by atoms with Gasteiger partial charge in [0.05, 0.1) is 0 Å². The normalized spacial score (nSPS) is 10.6. The van der Waals surface area contributed by atoms with E-state index in [1.807, 2.05) is 12.1 Å². The first-order chi connectivity index (χ1) is 9.83. The summed E-state index contributed by atoms with van der Waals surface area (Å²) in [5.74, 6) is 0.807. The smallest absolute Gasteiger partial charge is 0.284 e. The molecule has 0 bridgehead atoms. The summed E-state index contributed by atoms with van der Waals surface area (Å²) < 4.78 is 5.14. The van der Waals surface area contributed by atoms with Crippen molar-refractivity contribution in [1.29, 1.82) is 0 Å². The zero-order chi connectivity index (χ0) is 13.8. The quantitative estimate of drug-likeness (QED) is 0.457. The third-order valence-electron chi connectivity index (χ3n) is 2.75. The van der Waals surface area contributed by atoms with Crippen molar-refractivity contribution in [3.8, 4) is 10.6 Å². The maximum atomic E-state index is 9.64. The molecule has 0 atom stereocenters. The number of thioether (sulfide) groups is 1. The summed E-state index contributed by atoms with van der Waals surface area (Å²) in [5.41, 5.74) is 2.28. The van der Waals surface area contributed by atoms with E-state index in [0.717, 1.165) is 26.1 Å². The highest BCUT2D eigenvalue weighted by Gasteiger charge is 2.09. The number of hydrogen-bond acceptors (Lipinski definition) is 5. The van der Waals surface area contributed by atoms with E-state index in [9.17, 15) is 5.21 Å². The fourth-order valence-electron chi connectivity index (χ4n) is 1.73. The molecule has 4 nitrogen and oxygen atoms in total. The van der Waals surface area contributed by atoms with Crippen LogP contribution in [0, 0.1) is 0 Å². The van der Waals surface area contributed by atoms with Gasteiger partial charge in [0.2, 0.25) is 6.20 Å². The van der Waals surface area contributed by atoms with Gasteiger partial charge in [0.1, 0.15) is 11.3 Å². The summed E-state index contributed by atoms with van der Waals surface area (Å²) in [6.07, 6.45) is 3.19. The molecule has 6 heteroatoms. The minimum atomic E-state index is 0.807. The molecule has 1 aromatic carbocycles. The predicted molar refractivity (Wildman–Crippen MR) is 78.7 cm³/mol. The lowest BCUT2D eigenvalue weighted by atomic mass is 10.2. The van der Waals surface area contributed by atoms with Gasteiger partial charge < -0.3 is 0 Å². The molecule has 1 N–H and O–H groups in total. The van der Waals surface area contributed by atoms with E-state index in [0.29, 0.717) is 0 Å². The summed E-state index contributed by atoms with van der Waals surface area (Å²) in [5, 5.41) is 11.4. The molecule has 2 heterocycles. The summed E-state index contributed by atoms with van der Waals surface area (Å²) in [6, 6.07) is 13.8. The van der Waals surface area contributed by atoms with Crippen LogP contribution in [0.2, 0.25) is 0 Å². The molecule has 0 aliphatic carbocycles. The molecular formula is C14H12N3OS2+. The van der Waals surface area contributed by atoms with Crippen LogP contribution in [-0.4, -0.2) is 14.6 Å². The van der Waals surface area contributed by atoms with Gasteiger partial charge in [-0.05, 0) is 34.9 Å². The van der Waals surface area contributed by atoms with E-state index >= 15 is 0 Å². The van der Waals surface area contributed by atoms with Crippen molar-refractivity contribution < 1.29 is 9.94 Å². The zero-order valence-electron chi connectivity index (χ0n) is 10.5. The van der Waals surface area contributed by atoms with Crippen LogP contribution in [-0.2, 0) is 5.75 Å². The first-order valence-corrected chi connectivity index (χ1v) is 7.77. The summed E-state index contributed by atoms with van der Waals surface area (Å²) in [4.78, 5) is 4.19. The number of pyridine rings is 1. The van der Waals surface area contributed by atoms with Crippen molar-refractivity contribution in [2.45, 2.75) is 10.8 Å². The molecule has 0 amide bonds. The highest BCUT2D eigenvalue weighted by Crippen LogP contribution is 2.23. The van der Waals surface area contributed by atoms with Gasteiger partial charge in [-0.25, -0.2) is 4.98 Å². The van der Waals surface area contributed by atoms with Gasteiger partial charge in [0.15, 0.2) is 0 Å². The maximum Gasteiger partial charge on any atom is 0.291 e. The number of rotatable bonds is 4. The Morgan fingerprint density at radius 2 is 2.00 bits per heavy atom. The van der Waals surface area contributed by atoms with Crippen LogP contribution >= 0.6 is 23.3 Å². The van der Waals surface area contributed by atoms with E-state index in [2.05, 4.69) is 33.6 Å². The van der Waals surface area contributed by atoms with Gasteiger partial charge in [-0.3, -0.25) is 5.21 Å². The topological polar surface area (TPSA) is 49.9 Å². The van der Waals surface area contributed by atoms with Crippen molar-refractivity contribution >= 4 is 23.3 Å². The third kappa shape index (κ3) is 2.97. The SMILES string of the molecule is O[n+]1ccccc1SCc1ccc(-c2ncns2)cc1. The third-order valence-corrected chi connectivity index (χ3v) is 4.56. The van der Waals surface area contributed by atoms with Crippen LogP contribution in [0.25, 0.3) is 10.6 Å². The second-order valence-electron chi connectivity index (χ2n) is 4.12. The Labute approximate surface area is 124 Å². The van der Waals surface area contributed by atoms with E-state index in [-0.39, 0.29) is 0 Å². The molecule has 0 unspecified atom stereocenters. The Morgan fingerprint density at radius 3 is 2.70 bits per heavy atom. The van der Waals surface area contributed by atoms with Gasteiger partial charge in [0.25, 0.3) is 5.03 Å². The molecule has 2 aromatic heterocycles. The lowest BCUT2D eigenvalue weighted by molar-refractivity contribution is -0.932. The van der Waals surface area contributed by atoms with Gasteiger partial charge in [0, 0.05) is 28.2 Å². The van der Waals surface area contributed by atoms with Crippen LogP contribution in [0.3, 0.4) is 0 Å². The molecular weight excluding hydrogens is 290 g/mol. The predicted octanol–water partition coefficient (Wildman–Crippen LogP) is 3.02. The van der Waals surface area contributed by atoms with Crippen molar-refractivity contribution in [3.05, 3.63) is 60.6 Å². The molecule has 0 aliphatic heterocycles. The second-order valence-corrected chi connectivity index (χ2v) is 5.89. The Bertz CT molecular complexity index is 684. The van der Waals surface area contributed by atoms with Crippen LogP contribution < -0.4 is 4.73 Å². The average molecular weight is 302 g/mol. The molecule has 0 saturated heterocycles. The van der Waals surface area contributed by atoms with Crippen molar-refractivity contribution in [1.82, 2.24) is 9.36 Å². The van der Waals surface area contributed by atoms with Gasteiger partial charge in [-0.2, -0.15) is 4.37 Å². The Hall–Kier alpha value is -1.92. The van der Waals surface area contributed by atoms with Crippen LogP contribution in [0.15, 0.2) is 60.0 Å². The second kappa shape index (κ2) is 6.02. The van der Waals surface area contributed by atoms with E-state index < -0.39 is 0 Å². The maximum absolute atomic E-state index is 9.64. The number of hydrogen-bond donors (Lipinski definition) is 1. The highest BCUT2D eigenvalue weighted by molar-refractivity contribution is 7.98. The van der Waals surface area contributed by atoms with Gasteiger partial charge >= 0.3 is 0 Å². The van der Waals surface area contributed by atoms with Crippen molar-refractivity contribution in [2.75, 3.05) is 0 Å². The highest BCUT2D eigenvalue weighted by atomic mass is 32.2. The average Bonchev–Trinajstić information content (AvgIpc) is 3.01. The lowest BCUT2D eigenvalue weighted by Crippen LogP contribution is -2.31. The van der Waals surface area contributed by atoms with Crippen LogP contribution in [0.5, 0.6) is 0 Å². The molecule has 0 spiro atoms. The fraction of sp³-hybridized carbons (Fsp3) is 0.0714. The van der Waals surface area contributed by atoms with Gasteiger partial charge in [-0.1, -0.05) is 24.3 Å². The van der Waals surface area contributed by atoms with Gasteiger partial charge in [-0.15, -0.1) is 0 Å². The summed E-state index contributed by atoms with van der Waals surface area (Å²) >= 11 is 2.98. The monoisotopic (exact) mass is 302 g/mol. The molecule has 0 fully saturated rings. The molecule has 100 valence electrons. The Balaban J connectivity index is 1.68. The molecule has 3 rings (SSSR count). The first kappa shape index (κ1) is 13.1. The van der Waals surface area contributed by atoms with Crippen LogP contribution in [0.4, 0.5) is 0 Å². The summed E-state index contributed by atoms with van der Waals surface area (Å²) in [7, 11) is 0. The van der Waals surface area contributed by atoms with Crippen molar-refractivity contribution in [2.24, 2.45) is 0 Å². The number of benzene rings is 1. The molecule has 0 aliphatic rings. The Kier molecular flexibility index (Phi) is 3.94. The lowest BCUT2D eigenvalue weighted by Gasteiger charge is -2.01. The molecule has 20 heavy (non-hydrogen) atoms. The van der Waals surface area contributed by atoms with E-state index in [4.69, 9.17) is 0 Å². The minimum absolute atomic E-state index is 0.807. The van der Waals surface area contributed by atoms with Crippen LogP contribution in [0.1, 0.15) is 5.56 Å². The van der Waals surface area contributed by atoms with E-state index in [1.165, 1.54) is 17.1 Å². The molecule has 0 saturated carbocycles. The molecule has 3 aromatic rings. The standard InChI is InChI=1S/C14H12N3OS2/c18-17-8-2-1-3-13(17)19-9-11-4-6-12(7-5-11)14-15-10-16-20-14/h1-8,10,18H,9H2/q+1.